The number of benzene rings is 1. The summed E-state index contributed by atoms with van der Waals surface area (Å²) in [5.41, 5.74) is 4.24. The molecule has 5 nitrogen and oxygen atoms in total. The summed E-state index contributed by atoms with van der Waals surface area (Å²) in [5, 5.41) is 14.7. The molecule has 2 heterocycles. The Bertz CT molecular complexity index is 961. The predicted molar refractivity (Wildman–Crippen MR) is 118 cm³/mol. The Morgan fingerprint density at radius 1 is 1.25 bits per heavy atom. The molecule has 0 unspecified atom stereocenters. The van der Waals surface area contributed by atoms with Gasteiger partial charge >= 0.3 is 0 Å². The molecule has 1 aromatic carbocycles. The number of carbonyl (C=O) groups excluding carboxylic acids is 1. The lowest BCUT2D eigenvalue weighted by molar-refractivity contribution is -0.113. The summed E-state index contributed by atoms with van der Waals surface area (Å²) in [6, 6.07) is 8.12. The molecule has 3 aromatic rings. The molecule has 0 radical (unpaired) electrons. The van der Waals surface area contributed by atoms with E-state index in [0.717, 1.165) is 47.2 Å². The van der Waals surface area contributed by atoms with Crippen LogP contribution in [-0.2, 0) is 17.8 Å². The first-order valence-corrected chi connectivity index (χ1v) is 11.4. The maximum absolute atomic E-state index is 12.4. The van der Waals surface area contributed by atoms with Gasteiger partial charge in [-0.1, -0.05) is 37.7 Å². The highest BCUT2D eigenvalue weighted by atomic mass is 32.2. The molecule has 0 atom stereocenters. The van der Waals surface area contributed by atoms with Crippen LogP contribution < -0.4 is 5.32 Å². The average Bonchev–Trinajstić information content (AvgIpc) is 3.31. The second-order valence-corrected chi connectivity index (χ2v) is 8.64. The van der Waals surface area contributed by atoms with Crippen LogP contribution in [0.15, 0.2) is 34.8 Å². The molecule has 148 valence electrons. The number of thioether (sulfide) groups is 1. The average molecular weight is 415 g/mol. The van der Waals surface area contributed by atoms with E-state index in [4.69, 9.17) is 0 Å². The van der Waals surface area contributed by atoms with Gasteiger partial charge in [-0.3, -0.25) is 4.79 Å². The van der Waals surface area contributed by atoms with Crippen molar-refractivity contribution >= 4 is 34.7 Å². The first-order chi connectivity index (χ1) is 13.5. The van der Waals surface area contributed by atoms with E-state index < -0.39 is 0 Å². The molecule has 1 N–H and O–H groups in total. The van der Waals surface area contributed by atoms with Gasteiger partial charge in [-0.25, -0.2) is 0 Å². The lowest BCUT2D eigenvalue weighted by Crippen LogP contribution is -2.15. The lowest BCUT2D eigenvalue weighted by Gasteiger charge is -2.11. The van der Waals surface area contributed by atoms with Gasteiger partial charge < -0.3 is 9.88 Å². The van der Waals surface area contributed by atoms with Gasteiger partial charge in [0.05, 0.1) is 5.75 Å². The van der Waals surface area contributed by atoms with Gasteiger partial charge in [0.15, 0.2) is 11.0 Å². The molecule has 7 heteroatoms. The maximum atomic E-state index is 12.4. The van der Waals surface area contributed by atoms with Crippen molar-refractivity contribution in [3.8, 4) is 11.4 Å². The maximum Gasteiger partial charge on any atom is 0.234 e. The molecule has 28 heavy (non-hydrogen) atoms. The van der Waals surface area contributed by atoms with Crippen LogP contribution in [0.25, 0.3) is 11.4 Å². The van der Waals surface area contributed by atoms with E-state index in [-0.39, 0.29) is 5.91 Å². The van der Waals surface area contributed by atoms with E-state index in [1.807, 2.05) is 32.0 Å². The molecule has 0 saturated heterocycles. The van der Waals surface area contributed by atoms with E-state index in [2.05, 4.69) is 45.4 Å². The zero-order valence-corrected chi connectivity index (χ0v) is 18.4. The minimum Gasteiger partial charge on any atom is -0.325 e. The summed E-state index contributed by atoms with van der Waals surface area (Å²) in [7, 11) is 0. The highest BCUT2D eigenvalue weighted by Gasteiger charge is 2.16. The van der Waals surface area contributed by atoms with Crippen molar-refractivity contribution in [2.24, 2.45) is 0 Å². The summed E-state index contributed by atoms with van der Waals surface area (Å²) >= 11 is 3.18. The van der Waals surface area contributed by atoms with Crippen molar-refractivity contribution < 1.29 is 4.79 Å². The molecule has 3 rings (SSSR count). The fourth-order valence-corrected chi connectivity index (χ4v) is 4.50. The smallest absolute Gasteiger partial charge is 0.234 e. The van der Waals surface area contributed by atoms with Crippen molar-refractivity contribution in [1.29, 1.82) is 0 Å². The van der Waals surface area contributed by atoms with Crippen LogP contribution in [0, 0.1) is 13.8 Å². The van der Waals surface area contributed by atoms with Crippen molar-refractivity contribution in [3.63, 3.8) is 0 Å². The second-order valence-electron chi connectivity index (χ2n) is 6.70. The number of rotatable bonds is 8. The van der Waals surface area contributed by atoms with Crippen molar-refractivity contribution in [3.05, 3.63) is 45.6 Å². The van der Waals surface area contributed by atoms with Crippen LogP contribution in [0.1, 0.15) is 36.3 Å². The first-order valence-electron chi connectivity index (χ1n) is 9.53. The Balaban J connectivity index is 1.71. The lowest BCUT2D eigenvalue weighted by atomic mass is 10.1. The first kappa shape index (κ1) is 20.6. The van der Waals surface area contributed by atoms with Gasteiger partial charge in [-0.2, -0.15) is 0 Å². The number of amides is 1. The number of hydrogen-bond donors (Lipinski definition) is 1. The van der Waals surface area contributed by atoms with Gasteiger partial charge in [0, 0.05) is 28.1 Å². The van der Waals surface area contributed by atoms with Gasteiger partial charge in [0.1, 0.15) is 0 Å². The molecular weight excluding hydrogens is 388 g/mol. The van der Waals surface area contributed by atoms with Crippen LogP contribution >= 0.6 is 23.1 Å². The highest BCUT2D eigenvalue weighted by Crippen LogP contribution is 2.28. The van der Waals surface area contributed by atoms with E-state index in [1.165, 1.54) is 22.2 Å². The third kappa shape index (κ3) is 4.64. The Morgan fingerprint density at radius 3 is 2.79 bits per heavy atom. The Hall–Kier alpha value is -2.12. The number of aromatic nitrogens is 3. The number of carbonyl (C=O) groups is 1. The molecular formula is C21H26N4OS2. The number of anilines is 1. The van der Waals surface area contributed by atoms with Crippen molar-refractivity contribution in [2.75, 3.05) is 11.1 Å². The van der Waals surface area contributed by atoms with E-state index in [0.29, 0.717) is 5.75 Å². The van der Waals surface area contributed by atoms with Crippen molar-refractivity contribution in [1.82, 2.24) is 14.8 Å². The Kier molecular flexibility index (Phi) is 6.91. The van der Waals surface area contributed by atoms with Gasteiger partial charge in [-0.05, 0) is 49.9 Å². The largest absolute Gasteiger partial charge is 0.325 e. The second kappa shape index (κ2) is 9.39. The predicted octanol–water partition coefficient (Wildman–Crippen LogP) is 5.33. The van der Waals surface area contributed by atoms with E-state index >= 15 is 0 Å². The van der Waals surface area contributed by atoms with Crippen molar-refractivity contribution in [2.45, 2.75) is 52.2 Å². The molecule has 0 spiro atoms. The number of thiophene rings is 1. The number of hydrogen-bond acceptors (Lipinski definition) is 5. The van der Waals surface area contributed by atoms with Crippen LogP contribution in [0.2, 0.25) is 0 Å². The molecule has 0 aliphatic rings. The molecule has 1 amide bonds. The summed E-state index contributed by atoms with van der Waals surface area (Å²) in [5.74, 6) is 1.16. The monoisotopic (exact) mass is 414 g/mol. The minimum absolute atomic E-state index is 0.0323. The fraction of sp³-hybridized carbons (Fsp3) is 0.381. The summed E-state index contributed by atoms with van der Waals surface area (Å²) in [6.45, 7) is 9.19. The van der Waals surface area contributed by atoms with Crippen LogP contribution in [0.5, 0.6) is 0 Å². The van der Waals surface area contributed by atoms with Gasteiger partial charge in [-0.15, -0.1) is 21.5 Å². The quantitative estimate of drug-likeness (QED) is 0.506. The number of aryl methyl sites for hydroxylation is 2. The molecule has 0 aliphatic carbocycles. The normalized spacial score (nSPS) is 11.0. The summed E-state index contributed by atoms with van der Waals surface area (Å²) < 4.78 is 2.12. The molecule has 0 bridgehead atoms. The summed E-state index contributed by atoms with van der Waals surface area (Å²) in [4.78, 5) is 13.8. The Labute approximate surface area is 174 Å². The number of nitrogens with zero attached hydrogens (tertiary/aromatic N) is 3. The third-order valence-corrected chi connectivity index (χ3v) is 6.68. The standard InChI is InChI=1S/C21H26N4OS2/c1-5-10-25-20(16-11-17(6-2)27-12-16)23-24-21(25)28-13-19(26)22-18-9-7-8-14(3)15(18)4/h7-9,11-12H,5-6,10,13H2,1-4H3,(H,22,26). The SMILES string of the molecule is CCCn1c(SCC(=O)Nc2cccc(C)c2C)nnc1-c1csc(CC)c1. The van der Waals surface area contributed by atoms with Gasteiger partial charge in [0.25, 0.3) is 0 Å². The topological polar surface area (TPSA) is 59.8 Å². The summed E-state index contributed by atoms with van der Waals surface area (Å²) in [6.07, 6.45) is 2.00. The van der Waals surface area contributed by atoms with E-state index in [1.54, 1.807) is 11.3 Å². The molecule has 0 fully saturated rings. The zero-order valence-electron chi connectivity index (χ0n) is 16.8. The number of nitrogens with one attached hydrogen (secondary N) is 1. The zero-order chi connectivity index (χ0) is 20.1. The van der Waals surface area contributed by atoms with Crippen LogP contribution in [-0.4, -0.2) is 26.4 Å². The van der Waals surface area contributed by atoms with Crippen LogP contribution in [0.4, 0.5) is 5.69 Å². The third-order valence-electron chi connectivity index (χ3n) is 4.64. The van der Waals surface area contributed by atoms with E-state index in [9.17, 15) is 4.79 Å². The minimum atomic E-state index is -0.0323. The fourth-order valence-electron chi connectivity index (χ4n) is 2.92. The molecule has 0 aliphatic heterocycles. The highest BCUT2D eigenvalue weighted by molar-refractivity contribution is 7.99. The van der Waals surface area contributed by atoms with Gasteiger partial charge in [0.2, 0.25) is 5.91 Å². The molecule has 2 aromatic heterocycles. The van der Waals surface area contributed by atoms with Crippen LogP contribution in [0.3, 0.4) is 0 Å². The Morgan fingerprint density at radius 2 is 2.07 bits per heavy atom. The molecule has 0 saturated carbocycles.